The summed E-state index contributed by atoms with van der Waals surface area (Å²) in [6.45, 7) is 1.28. The summed E-state index contributed by atoms with van der Waals surface area (Å²) in [4.78, 5) is 0. The molecular weight excluding hydrogens is 321 g/mol. The first-order valence-corrected chi connectivity index (χ1v) is 7.40. The third-order valence-electron chi connectivity index (χ3n) is 3.92. The molecule has 8 heteroatoms. The molecule has 1 aromatic carbocycles. The van der Waals surface area contributed by atoms with Crippen molar-refractivity contribution in [1.82, 2.24) is 15.1 Å². The number of nitriles is 1. The van der Waals surface area contributed by atoms with Gasteiger partial charge < -0.3 is 10.1 Å². The van der Waals surface area contributed by atoms with Crippen LogP contribution in [-0.4, -0.2) is 29.0 Å². The minimum absolute atomic E-state index is 0.0825. The van der Waals surface area contributed by atoms with Gasteiger partial charge in [0.25, 0.3) is 0 Å². The standard InChI is InChI=1S/C16H15F3N4O/c17-16(18,19)13-3-1-2-11(4-13)10-24-15-8-21-7-14(15)23-9-12(5-20)6-22-23/h1-4,6,9,14-15,21H,7-8,10H2/t14-,15-/m1/s1. The first kappa shape index (κ1) is 16.5. The number of nitrogens with zero attached hydrogens (tertiary/aromatic N) is 3. The quantitative estimate of drug-likeness (QED) is 0.932. The van der Waals surface area contributed by atoms with Crippen molar-refractivity contribution in [1.29, 1.82) is 5.26 Å². The summed E-state index contributed by atoms with van der Waals surface area (Å²) in [5, 5.41) is 16.2. The highest BCUT2D eigenvalue weighted by molar-refractivity contribution is 5.25. The van der Waals surface area contributed by atoms with Gasteiger partial charge in [-0.3, -0.25) is 4.68 Å². The molecule has 0 spiro atoms. The monoisotopic (exact) mass is 336 g/mol. The highest BCUT2D eigenvalue weighted by Crippen LogP contribution is 2.30. The van der Waals surface area contributed by atoms with Crippen LogP contribution in [0.2, 0.25) is 0 Å². The van der Waals surface area contributed by atoms with E-state index in [1.807, 2.05) is 6.07 Å². The van der Waals surface area contributed by atoms with Crippen LogP contribution in [0.15, 0.2) is 36.7 Å². The minimum atomic E-state index is -4.36. The summed E-state index contributed by atoms with van der Waals surface area (Å²) in [6.07, 6.45) is -1.48. The lowest BCUT2D eigenvalue weighted by Crippen LogP contribution is -2.26. The second-order valence-electron chi connectivity index (χ2n) is 5.59. The van der Waals surface area contributed by atoms with Crippen LogP contribution in [0, 0.1) is 11.3 Å². The lowest BCUT2D eigenvalue weighted by molar-refractivity contribution is -0.137. The summed E-state index contributed by atoms with van der Waals surface area (Å²) in [5.41, 5.74) is 0.239. The Morgan fingerprint density at radius 1 is 1.38 bits per heavy atom. The molecule has 1 aliphatic heterocycles. The van der Waals surface area contributed by atoms with E-state index >= 15 is 0 Å². The minimum Gasteiger partial charge on any atom is -0.370 e. The molecule has 0 aliphatic carbocycles. The first-order valence-electron chi connectivity index (χ1n) is 7.40. The summed E-state index contributed by atoms with van der Waals surface area (Å²) in [5.74, 6) is 0. The van der Waals surface area contributed by atoms with E-state index in [9.17, 15) is 13.2 Å². The van der Waals surface area contributed by atoms with Gasteiger partial charge in [0.05, 0.1) is 36.1 Å². The van der Waals surface area contributed by atoms with Gasteiger partial charge in [-0.1, -0.05) is 12.1 Å². The highest BCUT2D eigenvalue weighted by Gasteiger charge is 2.32. The van der Waals surface area contributed by atoms with Gasteiger partial charge in [0, 0.05) is 19.3 Å². The van der Waals surface area contributed by atoms with Crippen molar-refractivity contribution in [2.75, 3.05) is 13.1 Å². The Morgan fingerprint density at radius 3 is 2.92 bits per heavy atom. The maximum absolute atomic E-state index is 12.7. The van der Waals surface area contributed by atoms with E-state index in [0.717, 1.165) is 12.1 Å². The van der Waals surface area contributed by atoms with Crippen molar-refractivity contribution >= 4 is 0 Å². The molecule has 0 amide bonds. The number of hydrogen-bond donors (Lipinski definition) is 1. The Bertz CT molecular complexity index is 750. The molecule has 0 bridgehead atoms. The zero-order valence-electron chi connectivity index (χ0n) is 12.6. The normalized spacial score (nSPS) is 20.9. The molecule has 1 fully saturated rings. The Morgan fingerprint density at radius 2 is 2.21 bits per heavy atom. The van der Waals surface area contributed by atoms with Crippen LogP contribution in [0.25, 0.3) is 0 Å². The van der Waals surface area contributed by atoms with Gasteiger partial charge in [0.15, 0.2) is 0 Å². The van der Waals surface area contributed by atoms with E-state index in [-0.39, 0.29) is 18.8 Å². The van der Waals surface area contributed by atoms with Crippen molar-refractivity contribution in [2.24, 2.45) is 0 Å². The van der Waals surface area contributed by atoms with Gasteiger partial charge in [-0.25, -0.2) is 0 Å². The Kier molecular flexibility index (Phi) is 4.55. The van der Waals surface area contributed by atoms with E-state index in [4.69, 9.17) is 10.00 Å². The van der Waals surface area contributed by atoms with Gasteiger partial charge in [-0.2, -0.15) is 23.5 Å². The van der Waals surface area contributed by atoms with E-state index in [1.54, 1.807) is 16.9 Å². The van der Waals surface area contributed by atoms with E-state index in [2.05, 4.69) is 10.4 Å². The average molecular weight is 336 g/mol. The Labute approximate surface area is 136 Å². The summed E-state index contributed by atoms with van der Waals surface area (Å²) >= 11 is 0. The largest absolute Gasteiger partial charge is 0.416 e. The van der Waals surface area contributed by atoms with Crippen molar-refractivity contribution in [3.8, 4) is 6.07 Å². The molecule has 126 valence electrons. The lowest BCUT2D eigenvalue weighted by Gasteiger charge is -2.20. The van der Waals surface area contributed by atoms with Crippen molar-refractivity contribution in [3.63, 3.8) is 0 Å². The summed E-state index contributed by atoms with van der Waals surface area (Å²) in [7, 11) is 0. The van der Waals surface area contributed by atoms with E-state index < -0.39 is 11.7 Å². The Hall–Kier alpha value is -2.37. The molecule has 1 aromatic heterocycles. The molecular formula is C16H15F3N4O. The van der Waals surface area contributed by atoms with Crippen molar-refractivity contribution in [3.05, 3.63) is 53.3 Å². The number of rotatable bonds is 4. The van der Waals surface area contributed by atoms with Crippen LogP contribution in [0.4, 0.5) is 13.2 Å². The molecule has 1 N–H and O–H groups in total. The molecule has 2 heterocycles. The zero-order chi connectivity index (χ0) is 17.2. The third-order valence-corrected chi connectivity index (χ3v) is 3.92. The van der Waals surface area contributed by atoms with Crippen LogP contribution in [0.3, 0.4) is 0 Å². The Balaban J connectivity index is 1.66. The second kappa shape index (κ2) is 6.63. The predicted molar refractivity (Wildman–Crippen MR) is 78.9 cm³/mol. The number of aromatic nitrogens is 2. The molecule has 3 rings (SSSR count). The SMILES string of the molecule is N#Cc1cnn([C@@H]2CNC[C@H]2OCc2cccc(C(F)(F)F)c2)c1. The summed E-state index contributed by atoms with van der Waals surface area (Å²) < 4.78 is 45.7. The predicted octanol–water partition coefficient (Wildman–Crippen LogP) is 2.50. The lowest BCUT2D eigenvalue weighted by atomic mass is 10.1. The van der Waals surface area contributed by atoms with Gasteiger partial charge >= 0.3 is 6.18 Å². The van der Waals surface area contributed by atoms with Gasteiger partial charge in [0.2, 0.25) is 0 Å². The summed E-state index contributed by atoms with van der Waals surface area (Å²) in [6, 6.07) is 7.03. The maximum Gasteiger partial charge on any atom is 0.416 e. The number of nitrogens with one attached hydrogen (secondary N) is 1. The average Bonchev–Trinajstić information content (AvgIpc) is 3.21. The fraction of sp³-hybridized carbons (Fsp3) is 0.375. The van der Waals surface area contributed by atoms with Crippen molar-refractivity contribution in [2.45, 2.75) is 24.9 Å². The molecule has 2 aromatic rings. The van der Waals surface area contributed by atoms with E-state index in [0.29, 0.717) is 24.2 Å². The van der Waals surface area contributed by atoms with Crippen LogP contribution in [0.5, 0.6) is 0 Å². The van der Waals surface area contributed by atoms with Crippen LogP contribution < -0.4 is 5.32 Å². The fourth-order valence-corrected chi connectivity index (χ4v) is 2.69. The molecule has 24 heavy (non-hydrogen) atoms. The van der Waals surface area contributed by atoms with E-state index in [1.165, 1.54) is 12.3 Å². The van der Waals surface area contributed by atoms with Crippen molar-refractivity contribution < 1.29 is 17.9 Å². The molecule has 1 aliphatic rings. The zero-order valence-corrected chi connectivity index (χ0v) is 12.6. The first-order chi connectivity index (χ1) is 11.5. The topological polar surface area (TPSA) is 62.9 Å². The number of alkyl halides is 3. The van der Waals surface area contributed by atoms with Gasteiger partial charge in [-0.15, -0.1) is 0 Å². The molecule has 5 nitrogen and oxygen atoms in total. The number of hydrogen-bond acceptors (Lipinski definition) is 4. The molecule has 1 saturated heterocycles. The fourth-order valence-electron chi connectivity index (χ4n) is 2.69. The molecule has 2 atom stereocenters. The molecule has 0 saturated carbocycles. The third kappa shape index (κ3) is 3.58. The smallest absolute Gasteiger partial charge is 0.370 e. The molecule has 0 unspecified atom stereocenters. The van der Waals surface area contributed by atoms with Gasteiger partial charge in [0.1, 0.15) is 6.07 Å². The number of ether oxygens (including phenoxy) is 1. The highest BCUT2D eigenvalue weighted by atomic mass is 19.4. The second-order valence-corrected chi connectivity index (χ2v) is 5.59. The number of benzene rings is 1. The van der Waals surface area contributed by atoms with Crippen LogP contribution >= 0.6 is 0 Å². The number of halogens is 3. The van der Waals surface area contributed by atoms with Crippen LogP contribution in [-0.2, 0) is 17.5 Å². The van der Waals surface area contributed by atoms with Crippen LogP contribution in [0.1, 0.15) is 22.7 Å². The molecule has 0 radical (unpaired) electrons. The van der Waals surface area contributed by atoms with Gasteiger partial charge in [-0.05, 0) is 17.7 Å². The maximum atomic E-state index is 12.7.